The van der Waals surface area contributed by atoms with E-state index in [0.29, 0.717) is 38.2 Å². The Morgan fingerprint density at radius 3 is 2.67 bits per heavy atom. The Bertz CT molecular complexity index is 646. The molecule has 0 aromatic heterocycles. The predicted octanol–water partition coefficient (Wildman–Crippen LogP) is -0.169. The standard InChI is InChI=1S/C18H25NO8/c1-3-26-17(22)16(21)18(23,19-6-8-25-9-7-19)12-27-14-5-4-13(11-20)10-15(14)24-2/h4-5,10-11,16,21,23H,3,6-9,12H2,1-2H3. The zero-order chi connectivity index (χ0) is 19.9. The van der Waals surface area contributed by atoms with E-state index >= 15 is 0 Å². The van der Waals surface area contributed by atoms with E-state index in [2.05, 4.69) is 0 Å². The van der Waals surface area contributed by atoms with Gasteiger partial charge in [0, 0.05) is 18.7 Å². The first-order valence-corrected chi connectivity index (χ1v) is 8.62. The topological polar surface area (TPSA) is 115 Å². The molecule has 1 aromatic rings. The normalized spacial score (nSPS) is 18.2. The smallest absolute Gasteiger partial charge is 0.339 e. The number of morpholine rings is 1. The number of aldehydes is 1. The number of benzene rings is 1. The van der Waals surface area contributed by atoms with Gasteiger partial charge >= 0.3 is 5.97 Å². The number of carbonyl (C=O) groups excluding carboxylic acids is 2. The van der Waals surface area contributed by atoms with Crippen molar-refractivity contribution < 1.29 is 38.7 Å². The lowest BCUT2D eigenvalue weighted by atomic mass is 10.0. The van der Waals surface area contributed by atoms with Crippen molar-refractivity contribution in [3.05, 3.63) is 23.8 Å². The fourth-order valence-corrected chi connectivity index (χ4v) is 2.76. The van der Waals surface area contributed by atoms with Gasteiger partial charge in [0.05, 0.1) is 26.9 Å². The van der Waals surface area contributed by atoms with Gasteiger partial charge in [-0.15, -0.1) is 0 Å². The maximum atomic E-state index is 12.0. The fourth-order valence-electron chi connectivity index (χ4n) is 2.76. The lowest BCUT2D eigenvalue weighted by Gasteiger charge is -2.42. The molecule has 2 atom stereocenters. The van der Waals surface area contributed by atoms with Crippen LogP contribution in [0, 0.1) is 0 Å². The molecule has 150 valence electrons. The summed E-state index contributed by atoms with van der Waals surface area (Å²) in [4.78, 5) is 24.5. The van der Waals surface area contributed by atoms with Gasteiger partial charge in [0.25, 0.3) is 0 Å². The summed E-state index contributed by atoms with van der Waals surface area (Å²) in [5.41, 5.74) is -1.63. The van der Waals surface area contributed by atoms with E-state index < -0.39 is 24.4 Å². The summed E-state index contributed by atoms with van der Waals surface area (Å²) in [5.74, 6) is -0.404. The van der Waals surface area contributed by atoms with Crippen molar-refractivity contribution in [2.45, 2.75) is 18.8 Å². The molecule has 0 spiro atoms. The molecule has 1 fully saturated rings. The highest BCUT2D eigenvalue weighted by Crippen LogP contribution is 2.30. The van der Waals surface area contributed by atoms with Crippen molar-refractivity contribution in [3.8, 4) is 11.5 Å². The van der Waals surface area contributed by atoms with E-state index in [4.69, 9.17) is 18.9 Å². The minimum Gasteiger partial charge on any atom is -0.493 e. The quantitative estimate of drug-likeness (QED) is 0.443. The molecule has 2 rings (SSSR count). The Morgan fingerprint density at radius 1 is 1.37 bits per heavy atom. The highest BCUT2D eigenvalue weighted by Gasteiger charge is 2.48. The second kappa shape index (κ2) is 9.65. The lowest BCUT2D eigenvalue weighted by molar-refractivity contribution is -0.222. The number of hydrogen-bond acceptors (Lipinski definition) is 9. The highest BCUT2D eigenvalue weighted by atomic mass is 16.6. The Labute approximate surface area is 157 Å². The van der Waals surface area contributed by atoms with Gasteiger partial charge in [-0.2, -0.15) is 0 Å². The molecule has 9 nitrogen and oxygen atoms in total. The molecule has 0 saturated carbocycles. The predicted molar refractivity (Wildman–Crippen MR) is 93.9 cm³/mol. The van der Waals surface area contributed by atoms with Crippen molar-refractivity contribution >= 4 is 12.3 Å². The molecule has 0 aliphatic carbocycles. The van der Waals surface area contributed by atoms with E-state index in [1.54, 1.807) is 6.92 Å². The first kappa shape index (κ1) is 21.1. The molecule has 1 aromatic carbocycles. The van der Waals surface area contributed by atoms with Gasteiger partial charge in [-0.05, 0) is 25.1 Å². The summed E-state index contributed by atoms with van der Waals surface area (Å²) in [6.07, 6.45) is -1.17. The summed E-state index contributed by atoms with van der Waals surface area (Å²) < 4.78 is 21.0. The van der Waals surface area contributed by atoms with Crippen LogP contribution in [-0.2, 0) is 14.3 Å². The first-order chi connectivity index (χ1) is 13.0. The summed E-state index contributed by atoms with van der Waals surface area (Å²) in [5, 5.41) is 21.6. The molecule has 1 saturated heterocycles. The first-order valence-electron chi connectivity index (χ1n) is 8.62. The van der Waals surface area contributed by atoms with E-state index in [1.165, 1.54) is 30.2 Å². The van der Waals surface area contributed by atoms with Gasteiger partial charge in [0.2, 0.25) is 0 Å². The van der Waals surface area contributed by atoms with Crippen LogP contribution in [0.2, 0.25) is 0 Å². The van der Waals surface area contributed by atoms with Crippen molar-refractivity contribution in [2.24, 2.45) is 0 Å². The average molecular weight is 383 g/mol. The van der Waals surface area contributed by atoms with Gasteiger partial charge in [-0.3, -0.25) is 9.69 Å². The monoisotopic (exact) mass is 383 g/mol. The zero-order valence-electron chi connectivity index (χ0n) is 15.4. The Kier molecular flexibility index (Phi) is 7.55. The minimum atomic E-state index is -2.02. The van der Waals surface area contributed by atoms with Crippen molar-refractivity contribution in [1.82, 2.24) is 4.90 Å². The maximum absolute atomic E-state index is 12.0. The van der Waals surface area contributed by atoms with Gasteiger partial charge in [0.1, 0.15) is 12.9 Å². The van der Waals surface area contributed by atoms with E-state index in [9.17, 15) is 19.8 Å². The van der Waals surface area contributed by atoms with E-state index in [-0.39, 0.29) is 18.1 Å². The molecule has 27 heavy (non-hydrogen) atoms. The molecular formula is C18H25NO8. The lowest BCUT2D eigenvalue weighted by Crippen LogP contribution is -2.65. The summed E-state index contributed by atoms with van der Waals surface area (Å²) in [6, 6.07) is 4.53. The van der Waals surface area contributed by atoms with Gasteiger partial charge in [0.15, 0.2) is 23.3 Å². The van der Waals surface area contributed by atoms with Crippen LogP contribution in [0.25, 0.3) is 0 Å². The van der Waals surface area contributed by atoms with Crippen molar-refractivity contribution in [3.63, 3.8) is 0 Å². The summed E-state index contributed by atoms with van der Waals surface area (Å²) in [7, 11) is 1.42. The largest absolute Gasteiger partial charge is 0.493 e. The fraction of sp³-hybridized carbons (Fsp3) is 0.556. The zero-order valence-corrected chi connectivity index (χ0v) is 15.4. The number of aliphatic hydroxyl groups is 2. The molecule has 0 amide bonds. The molecule has 1 aliphatic heterocycles. The van der Waals surface area contributed by atoms with Gasteiger partial charge in [-0.1, -0.05) is 0 Å². The number of nitrogens with zero attached hydrogens (tertiary/aromatic N) is 1. The number of aliphatic hydroxyl groups excluding tert-OH is 1. The van der Waals surface area contributed by atoms with Gasteiger partial charge in [-0.25, -0.2) is 4.79 Å². The SMILES string of the molecule is CCOC(=O)C(O)C(O)(COc1ccc(C=O)cc1OC)N1CCOCC1. The van der Waals surface area contributed by atoms with Crippen LogP contribution >= 0.6 is 0 Å². The second-order valence-corrected chi connectivity index (χ2v) is 5.95. The third kappa shape index (κ3) is 4.95. The van der Waals surface area contributed by atoms with Gasteiger partial charge < -0.3 is 29.2 Å². The van der Waals surface area contributed by atoms with Crippen LogP contribution in [0.3, 0.4) is 0 Å². The van der Waals surface area contributed by atoms with E-state index in [1.807, 2.05) is 0 Å². The molecule has 0 radical (unpaired) electrons. The molecule has 1 aliphatic rings. The second-order valence-electron chi connectivity index (χ2n) is 5.95. The molecule has 9 heteroatoms. The molecule has 1 heterocycles. The van der Waals surface area contributed by atoms with E-state index in [0.717, 1.165) is 0 Å². The van der Waals surface area contributed by atoms with Crippen LogP contribution in [0.15, 0.2) is 18.2 Å². The van der Waals surface area contributed by atoms with Crippen molar-refractivity contribution in [1.29, 1.82) is 0 Å². The number of rotatable bonds is 9. The minimum absolute atomic E-state index is 0.0664. The third-order valence-electron chi connectivity index (χ3n) is 4.27. The number of carbonyl (C=O) groups is 2. The number of hydrogen-bond donors (Lipinski definition) is 2. The van der Waals surface area contributed by atoms with Crippen LogP contribution < -0.4 is 9.47 Å². The Balaban J connectivity index is 2.23. The van der Waals surface area contributed by atoms with Crippen LogP contribution in [0.5, 0.6) is 11.5 Å². The molecule has 0 bridgehead atoms. The summed E-state index contributed by atoms with van der Waals surface area (Å²) >= 11 is 0. The number of methoxy groups -OCH3 is 1. The molecule has 2 N–H and O–H groups in total. The molecule has 2 unspecified atom stereocenters. The van der Waals surface area contributed by atoms with Crippen LogP contribution in [0.1, 0.15) is 17.3 Å². The Hall–Kier alpha value is -2.20. The summed E-state index contributed by atoms with van der Waals surface area (Å²) in [6.45, 7) is 2.54. The average Bonchev–Trinajstić information content (AvgIpc) is 2.72. The maximum Gasteiger partial charge on any atom is 0.339 e. The number of ether oxygens (including phenoxy) is 4. The van der Waals surface area contributed by atoms with Crippen LogP contribution in [0.4, 0.5) is 0 Å². The number of esters is 1. The Morgan fingerprint density at radius 2 is 2.07 bits per heavy atom. The third-order valence-corrected chi connectivity index (χ3v) is 4.27. The molecular weight excluding hydrogens is 358 g/mol. The van der Waals surface area contributed by atoms with Crippen molar-refractivity contribution in [2.75, 3.05) is 46.6 Å². The highest BCUT2D eigenvalue weighted by molar-refractivity contribution is 5.76. The van der Waals surface area contributed by atoms with Crippen LogP contribution in [-0.4, -0.2) is 85.8 Å².